The highest BCUT2D eigenvalue weighted by atomic mass is 32.2. The summed E-state index contributed by atoms with van der Waals surface area (Å²) < 4.78 is 90.2. The third kappa shape index (κ3) is 3.14. The SMILES string of the molecule is CS(=O)(=O)c1sc(OCC(F)(F)F)c2c1C(O)C(F)(F)C2. The van der Waals surface area contributed by atoms with Crippen LogP contribution in [0.2, 0.25) is 0 Å². The molecule has 0 saturated heterocycles. The molecule has 0 radical (unpaired) electrons. The third-order valence-electron chi connectivity index (χ3n) is 2.77. The summed E-state index contributed by atoms with van der Waals surface area (Å²) in [6, 6.07) is 0. The first kappa shape index (κ1) is 16.4. The minimum absolute atomic E-state index is 0.311. The lowest BCUT2D eigenvalue weighted by atomic mass is 10.2. The lowest BCUT2D eigenvalue weighted by Crippen LogP contribution is -2.23. The van der Waals surface area contributed by atoms with Crippen LogP contribution in [0.3, 0.4) is 0 Å². The number of fused-ring (bicyclic) bond motifs is 1. The molecule has 0 aromatic carbocycles. The Labute approximate surface area is 120 Å². The van der Waals surface area contributed by atoms with E-state index in [1.165, 1.54) is 0 Å². The third-order valence-corrected chi connectivity index (χ3v) is 5.77. The van der Waals surface area contributed by atoms with Crippen LogP contribution >= 0.6 is 11.3 Å². The summed E-state index contributed by atoms with van der Waals surface area (Å²) in [6.45, 7) is -1.73. The van der Waals surface area contributed by atoms with E-state index >= 15 is 0 Å². The Hall–Kier alpha value is -0.940. The molecule has 0 bridgehead atoms. The molecule has 4 nitrogen and oxygen atoms in total. The number of thiophene rings is 1. The van der Waals surface area contributed by atoms with Gasteiger partial charge in [-0.1, -0.05) is 11.3 Å². The molecule has 1 aromatic heterocycles. The molecule has 0 amide bonds. The van der Waals surface area contributed by atoms with Gasteiger partial charge in [0.05, 0.1) is 0 Å². The topological polar surface area (TPSA) is 63.6 Å². The van der Waals surface area contributed by atoms with Gasteiger partial charge in [-0.25, -0.2) is 17.2 Å². The van der Waals surface area contributed by atoms with Crippen molar-refractivity contribution in [2.24, 2.45) is 0 Å². The van der Waals surface area contributed by atoms with E-state index < -0.39 is 55.9 Å². The van der Waals surface area contributed by atoms with Crippen molar-refractivity contribution in [3.63, 3.8) is 0 Å². The molecule has 2 rings (SSSR count). The Kier molecular flexibility index (Phi) is 3.74. The van der Waals surface area contributed by atoms with Crippen molar-refractivity contribution in [1.82, 2.24) is 0 Å². The maximum Gasteiger partial charge on any atom is 0.422 e. The molecule has 0 aliphatic heterocycles. The van der Waals surface area contributed by atoms with Gasteiger partial charge in [0.1, 0.15) is 10.3 Å². The van der Waals surface area contributed by atoms with E-state index in [1.807, 2.05) is 0 Å². The smallest absolute Gasteiger partial charge is 0.422 e. The summed E-state index contributed by atoms with van der Waals surface area (Å²) in [5.74, 6) is -3.64. The van der Waals surface area contributed by atoms with Gasteiger partial charge in [0.15, 0.2) is 21.5 Å². The maximum atomic E-state index is 13.5. The molecule has 1 aliphatic carbocycles. The highest BCUT2D eigenvalue weighted by Crippen LogP contribution is 2.53. The number of aliphatic hydroxyl groups excluding tert-OH is 1. The average molecular weight is 352 g/mol. The molecule has 1 aliphatic rings. The van der Waals surface area contributed by atoms with Gasteiger partial charge in [-0.3, -0.25) is 0 Å². The molecular weight excluding hydrogens is 343 g/mol. The molecule has 1 unspecified atom stereocenters. The Morgan fingerprint density at radius 2 is 2.00 bits per heavy atom. The van der Waals surface area contributed by atoms with E-state index in [4.69, 9.17) is 0 Å². The number of alkyl halides is 5. The van der Waals surface area contributed by atoms with Crippen molar-refractivity contribution in [2.45, 2.75) is 28.8 Å². The Balaban J connectivity index is 2.49. The van der Waals surface area contributed by atoms with Crippen molar-refractivity contribution < 1.29 is 40.2 Å². The second kappa shape index (κ2) is 4.78. The predicted molar refractivity (Wildman–Crippen MR) is 62.6 cm³/mol. The zero-order valence-electron chi connectivity index (χ0n) is 10.4. The first-order valence-corrected chi connectivity index (χ1v) is 8.15. The minimum atomic E-state index is -4.69. The number of halogens is 5. The molecule has 0 saturated carbocycles. The monoisotopic (exact) mass is 352 g/mol. The Morgan fingerprint density at radius 1 is 1.43 bits per heavy atom. The zero-order valence-corrected chi connectivity index (χ0v) is 12.0. The van der Waals surface area contributed by atoms with E-state index in [0.717, 1.165) is 6.26 Å². The molecule has 1 atom stereocenters. The highest BCUT2D eigenvalue weighted by molar-refractivity contribution is 7.92. The maximum absolute atomic E-state index is 13.5. The Morgan fingerprint density at radius 3 is 2.48 bits per heavy atom. The second-order valence-corrected chi connectivity index (χ2v) is 7.78. The summed E-state index contributed by atoms with van der Waals surface area (Å²) in [6.07, 6.45) is -7.42. The first-order chi connectivity index (χ1) is 9.33. The van der Waals surface area contributed by atoms with E-state index in [0.29, 0.717) is 11.3 Å². The fraction of sp³-hybridized carbons (Fsp3) is 0.600. The fourth-order valence-electron chi connectivity index (χ4n) is 1.96. The van der Waals surface area contributed by atoms with Crippen LogP contribution in [-0.4, -0.2) is 38.5 Å². The number of aliphatic hydroxyl groups is 1. The van der Waals surface area contributed by atoms with E-state index in [2.05, 4.69) is 4.74 Å². The van der Waals surface area contributed by atoms with E-state index in [9.17, 15) is 35.5 Å². The van der Waals surface area contributed by atoms with Crippen LogP contribution in [0.5, 0.6) is 5.06 Å². The van der Waals surface area contributed by atoms with Crippen molar-refractivity contribution in [3.05, 3.63) is 11.1 Å². The summed E-state index contributed by atoms with van der Waals surface area (Å²) in [5, 5.41) is 8.95. The normalized spacial score (nSPS) is 21.4. The molecule has 21 heavy (non-hydrogen) atoms. The molecule has 1 heterocycles. The van der Waals surface area contributed by atoms with Crippen LogP contribution in [0, 0.1) is 0 Å². The van der Waals surface area contributed by atoms with Crippen LogP contribution in [-0.2, 0) is 16.3 Å². The lowest BCUT2D eigenvalue weighted by molar-refractivity contribution is -0.153. The van der Waals surface area contributed by atoms with Gasteiger partial charge >= 0.3 is 6.18 Å². The van der Waals surface area contributed by atoms with Crippen molar-refractivity contribution >= 4 is 21.2 Å². The quantitative estimate of drug-likeness (QED) is 0.848. The molecular formula is C10H9F5O4S2. The molecule has 0 spiro atoms. The predicted octanol–water partition coefficient (Wildman–Crippen LogP) is 2.32. The summed E-state index contributed by atoms with van der Waals surface area (Å²) in [4.78, 5) is 0. The number of hydrogen-bond acceptors (Lipinski definition) is 5. The van der Waals surface area contributed by atoms with E-state index in [1.54, 1.807) is 0 Å². The van der Waals surface area contributed by atoms with Gasteiger partial charge in [-0.05, 0) is 0 Å². The van der Waals surface area contributed by atoms with Crippen LogP contribution in [0.4, 0.5) is 22.0 Å². The molecule has 1 N–H and O–H groups in total. The molecule has 1 aromatic rings. The molecule has 11 heteroatoms. The number of ether oxygens (including phenoxy) is 1. The zero-order chi connectivity index (χ0) is 16.2. The molecule has 120 valence electrons. The highest BCUT2D eigenvalue weighted by Gasteiger charge is 2.52. The van der Waals surface area contributed by atoms with Crippen LogP contribution in [0.15, 0.2) is 4.21 Å². The first-order valence-electron chi connectivity index (χ1n) is 5.44. The van der Waals surface area contributed by atoms with Gasteiger partial charge in [0.2, 0.25) is 0 Å². The molecule has 0 fully saturated rings. The largest absolute Gasteiger partial charge is 0.474 e. The van der Waals surface area contributed by atoms with Gasteiger partial charge in [-0.2, -0.15) is 13.2 Å². The van der Waals surface area contributed by atoms with Gasteiger partial charge in [-0.15, -0.1) is 0 Å². The van der Waals surface area contributed by atoms with Gasteiger partial charge < -0.3 is 9.84 Å². The van der Waals surface area contributed by atoms with Crippen LogP contribution < -0.4 is 4.74 Å². The standard InChI is InChI=1S/C10H9F5O4S2/c1-21(17,18)8-5-4(2-9(11,12)6(5)16)7(20-8)19-3-10(13,14)15/h6,16H,2-3H2,1H3. The van der Waals surface area contributed by atoms with Gasteiger partial charge in [0.25, 0.3) is 5.92 Å². The summed E-state index contributed by atoms with van der Waals surface area (Å²) in [7, 11) is -3.98. The average Bonchev–Trinajstić information content (AvgIpc) is 2.71. The fourth-order valence-corrected chi connectivity index (χ4v) is 4.36. The van der Waals surface area contributed by atoms with Crippen molar-refractivity contribution in [3.8, 4) is 5.06 Å². The number of sulfone groups is 1. The van der Waals surface area contributed by atoms with Crippen molar-refractivity contribution in [1.29, 1.82) is 0 Å². The minimum Gasteiger partial charge on any atom is -0.474 e. The van der Waals surface area contributed by atoms with E-state index in [-0.39, 0.29) is 5.56 Å². The summed E-state index contributed by atoms with van der Waals surface area (Å²) >= 11 is 0.311. The summed E-state index contributed by atoms with van der Waals surface area (Å²) in [5.41, 5.74) is -0.952. The van der Waals surface area contributed by atoms with Crippen molar-refractivity contribution in [2.75, 3.05) is 12.9 Å². The van der Waals surface area contributed by atoms with Crippen LogP contribution in [0.25, 0.3) is 0 Å². The number of hydrogen-bond donors (Lipinski definition) is 1. The van der Waals surface area contributed by atoms with Gasteiger partial charge in [0, 0.05) is 23.8 Å². The Bertz CT molecular complexity index is 662. The van der Waals surface area contributed by atoms with Crippen LogP contribution in [0.1, 0.15) is 17.2 Å². The lowest BCUT2D eigenvalue weighted by Gasteiger charge is -2.14. The second-order valence-electron chi connectivity index (χ2n) is 4.59. The number of rotatable bonds is 3.